The van der Waals surface area contributed by atoms with E-state index < -0.39 is 63.6 Å². The number of alkyl halides is 2. The van der Waals surface area contributed by atoms with Crippen molar-refractivity contribution in [3.63, 3.8) is 0 Å². The van der Waals surface area contributed by atoms with Gasteiger partial charge in [0, 0.05) is 27.6 Å². The highest BCUT2D eigenvalue weighted by molar-refractivity contribution is 6.00. The average Bonchev–Trinajstić information content (AvgIpc) is 3.34. The minimum Gasteiger partial charge on any atom is -0.494 e. The fourth-order valence-electron chi connectivity index (χ4n) is 4.71. The number of carbonyl (C=O) groups is 1. The van der Waals surface area contributed by atoms with Gasteiger partial charge < -0.3 is 20.3 Å². The minimum absolute atomic E-state index is 0.00741. The number of methoxy groups -OCH3 is 1. The molecule has 3 N–H and O–H groups in total. The molecule has 0 aliphatic heterocycles. The summed E-state index contributed by atoms with van der Waals surface area (Å²) >= 11 is 0. The highest BCUT2D eigenvalue weighted by Crippen LogP contribution is 2.59. The summed E-state index contributed by atoms with van der Waals surface area (Å²) in [6.07, 6.45) is 0. The number of aryl methyl sites for hydroxylation is 1. The highest BCUT2D eigenvalue weighted by Gasteiger charge is 2.83. The molecule has 2 heterocycles. The average molecular weight is 574 g/mol. The second-order valence-corrected chi connectivity index (χ2v) is 10.4. The first-order valence-electron chi connectivity index (χ1n) is 12.3. The summed E-state index contributed by atoms with van der Waals surface area (Å²) in [5.74, 6) is -7.38. The quantitative estimate of drug-likeness (QED) is 0.224. The highest BCUT2D eigenvalue weighted by atomic mass is 19.3. The van der Waals surface area contributed by atoms with E-state index in [9.17, 15) is 23.8 Å². The van der Waals surface area contributed by atoms with E-state index in [0.29, 0.717) is 5.39 Å². The summed E-state index contributed by atoms with van der Waals surface area (Å²) in [6.45, 7) is 3.89. The molecule has 0 saturated heterocycles. The summed E-state index contributed by atoms with van der Waals surface area (Å²) in [7, 11) is 1.27. The van der Waals surface area contributed by atoms with Crippen LogP contribution in [0.3, 0.4) is 0 Å². The molecule has 41 heavy (non-hydrogen) atoms. The van der Waals surface area contributed by atoms with Gasteiger partial charge in [-0.3, -0.25) is 4.79 Å². The van der Waals surface area contributed by atoms with E-state index >= 15 is 13.2 Å². The molecule has 1 aliphatic carbocycles. The molecule has 2 atom stereocenters. The van der Waals surface area contributed by atoms with E-state index in [1.54, 1.807) is 0 Å². The fraction of sp³-hybridized carbons (Fsp3) is 0.276. The standard InChI is InChI=1S/C29H24F5N3O4/c1-13-9-15-10-16(11-19(41-4)22(15)36-24(13)32)25(38)37-26-28(40,29(26,33)34)20-12-18(27(2,3)39)21(31)23(35-20)14-5-7-17(30)8-6-14/h5-12,26,39-40H,1-4H3,(H,37,38). The molecule has 2 aromatic carbocycles. The van der Waals surface area contributed by atoms with Crippen molar-refractivity contribution in [3.05, 3.63) is 88.5 Å². The van der Waals surface area contributed by atoms with Gasteiger partial charge in [0.25, 0.3) is 5.91 Å². The number of amides is 1. The Hall–Kier alpha value is -4.16. The Morgan fingerprint density at radius 3 is 2.32 bits per heavy atom. The number of halogens is 5. The maximum Gasteiger partial charge on any atom is 0.307 e. The Bertz CT molecular complexity index is 1710. The van der Waals surface area contributed by atoms with Crippen molar-refractivity contribution in [2.75, 3.05) is 7.11 Å². The molecule has 0 spiro atoms. The zero-order valence-corrected chi connectivity index (χ0v) is 22.2. The maximum atomic E-state index is 15.4. The SMILES string of the molecule is COc1cc(C(=O)NC2C(F)(F)C2(O)c2cc(C(C)(C)O)c(F)c(-c3ccc(F)cc3)n2)cc2cc(C)c(F)nc12. The van der Waals surface area contributed by atoms with E-state index in [1.165, 1.54) is 58.2 Å². The molecule has 1 aliphatic rings. The molecule has 2 unspecified atom stereocenters. The number of hydrogen-bond donors (Lipinski definition) is 3. The van der Waals surface area contributed by atoms with Crippen LogP contribution < -0.4 is 10.1 Å². The number of fused-ring (bicyclic) bond motifs is 1. The van der Waals surface area contributed by atoms with Crippen LogP contribution in [0.1, 0.15) is 41.0 Å². The van der Waals surface area contributed by atoms with E-state index in [1.807, 2.05) is 0 Å². The van der Waals surface area contributed by atoms with Gasteiger partial charge in [-0.2, -0.15) is 4.39 Å². The number of aromatic nitrogens is 2. The first-order valence-corrected chi connectivity index (χ1v) is 12.3. The Balaban J connectivity index is 1.55. The van der Waals surface area contributed by atoms with Gasteiger partial charge in [-0.05, 0) is 69.3 Å². The summed E-state index contributed by atoms with van der Waals surface area (Å²) in [6, 6.07) is 6.90. The number of aliphatic hydroxyl groups is 2. The Morgan fingerprint density at radius 1 is 1.05 bits per heavy atom. The second kappa shape index (κ2) is 9.45. The Morgan fingerprint density at radius 2 is 1.71 bits per heavy atom. The topological polar surface area (TPSA) is 105 Å². The van der Waals surface area contributed by atoms with Crippen LogP contribution in [-0.2, 0) is 11.2 Å². The lowest BCUT2D eigenvalue weighted by Gasteiger charge is -2.22. The number of ether oxygens (including phenoxy) is 1. The molecule has 7 nitrogen and oxygen atoms in total. The molecule has 1 amide bonds. The molecule has 5 rings (SSSR count). The van der Waals surface area contributed by atoms with Gasteiger partial charge in [0.15, 0.2) is 11.4 Å². The van der Waals surface area contributed by atoms with Gasteiger partial charge in [0.05, 0.1) is 18.4 Å². The van der Waals surface area contributed by atoms with Gasteiger partial charge in [0.2, 0.25) is 5.95 Å². The van der Waals surface area contributed by atoms with Crippen molar-refractivity contribution in [1.82, 2.24) is 15.3 Å². The number of nitrogens with zero attached hydrogens (tertiary/aromatic N) is 2. The lowest BCUT2D eigenvalue weighted by atomic mass is 9.94. The molecule has 0 bridgehead atoms. The van der Waals surface area contributed by atoms with Crippen LogP contribution in [0.4, 0.5) is 22.0 Å². The van der Waals surface area contributed by atoms with Gasteiger partial charge in [-0.1, -0.05) is 0 Å². The summed E-state index contributed by atoms with van der Waals surface area (Å²) in [5, 5.41) is 24.1. The van der Waals surface area contributed by atoms with Crippen LogP contribution in [0.15, 0.2) is 48.5 Å². The Labute approximate surface area is 230 Å². The normalized spacial score (nSPS) is 19.7. The summed E-state index contributed by atoms with van der Waals surface area (Å²) in [5.41, 5.74) is -6.46. The van der Waals surface area contributed by atoms with Gasteiger partial charge in [-0.15, -0.1) is 0 Å². The molecule has 1 saturated carbocycles. The van der Waals surface area contributed by atoms with Crippen LogP contribution in [0, 0.1) is 24.5 Å². The van der Waals surface area contributed by atoms with Crippen molar-refractivity contribution < 1.29 is 41.7 Å². The van der Waals surface area contributed by atoms with Crippen LogP contribution in [0.2, 0.25) is 0 Å². The third-order valence-corrected chi connectivity index (χ3v) is 7.10. The number of rotatable bonds is 6. The first kappa shape index (κ1) is 28.4. The number of hydrogen-bond acceptors (Lipinski definition) is 6. The van der Waals surface area contributed by atoms with Crippen molar-refractivity contribution in [3.8, 4) is 17.0 Å². The molecule has 12 heteroatoms. The molecule has 214 valence electrons. The third kappa shape index (κ3) is 4.56. The van der Waals surface area contributed by atoms with Gasteiger partial charge >= 0.3 is 5.92 Å². The van der Waals surface area contributed by atoms with Crippen molar-refractivity contribution in [2.45, 2.75) is 43.9 Å². The predicted octanol–water partition coefficient (Wildman–Crippen LogP) is 4.89. The summed E-state index contributed by atoms with van der Waals surface area (Å²) in [4.78, 5) is 20.9. The largest absolute Gasteiger partial charge is 0.494 e. The second-order valence-electron chi connectivity index (χ2n) is 10.4. The molecule has 4 aromatic rings. The molecular weight excluding hydrogens is 549 g/mol. The minimum atomic E-state index is -3.95. The molecule has 2 aromatic heterocycles. The zero-order chi connectivity index (χ0) is 30.1. The monoisotopic (exact) mass is 573 g/mol. The third-order valence-electron chi connectivity index (χ3n) is 7.10. The number of carbonyl (C=O) groups excluding carboxylic acids is 1. The van der Waals surface area contributed by atoms with Gasteiger partial charge in [-0.25, -0.2) is 27.5 Å². The van der Waals surface area contributed by atoms with Crippen molar-refractivity contribution in [2.24, 2.45) is 0 Å². The number of nitrogens with one attached hydrogen (secondary N) is 1. The lowest BCUT2D eigenvalue weighted by Crippen LogP contribution is -2.32. The summed E-state index contributed by atoms with van der Waals surface area (Å²) < 4.78 is 78.6. The maximum absolute atomic E-state index is 15.4. The van der Waals surface area contributed by atoms with Gasteiger partial charge in [0.1, 0.15) is 28.8 Å². The molecular formula is C29H24F5N3O4. The fourth-order valence-corrected chi connectivity index (χ4v) is 4.71. The van der Waals surface area contributed by atoms with Crippen LogP contribution in [0.5, 0.6) is 5.75 Å². The van der Waals surface area contributed by atoms with Crippen molar-refractivity contribution in [1.29, 1.82) is 0 Å². The number of pyridine rings is 2. The van der Waals surface area contributed by atoms with Crippen molar-refractivity contribution >= 4 is 16.8 Å². The van der Waals surface area contributed by atoms with E-state index in [2.05, 4.69) is 15.3 Å². The van der Waals surface area contributed by atoms with Crippen LogP contribution in [0.25, 0.3) is 22.2 Å². The smallest absolute Gasteiger partial charge is 0.307 e. The molecule has 1 fully saturated rings. The lowest BCUT2D eigenvalue weighted by molar-refractivity contribution is -0.0101. The van der Waals surface area contributed by atoms with Crippen LogP contribution in [-0.4, -0.2) is 45.2 Å². The van der Waals surface area contributed by atoms with E-state index in [4.69, 9.17) is 4.74 Å². The zero-order valence-electron chi connectivity index (χ0n) is 22.2. The number of benzene rings is 2. The van der Waals surface area contributed by atoms with Crippen LogP contribution >= 0.6 is 0 Å². The Kier molecular flexibility index (Phi) is 6.54. The van der Waals surface area contributed by atoms with E-state index in [-0.39, 0.29) is 28.0 Å². The van der Waals surface area contributed by atoms with E-state index in [0.717, 1.165) is 18.2 Å². The molecule has 0 radical (unpaired) electrons. The first-order chi connectivity index (χ1) is 19.1. The predicted molar refractivity (Wildman–Crippen MR) is 138 cm³/mol.